The van der Waals surface area contributed by atoms with E-state index in [1.165, 1.54) is 18.6 Å². The molecule has 0 spiro atoms. The van der Waals surface area contributed by atoms with Gasteiger partial charge in [0.2, 0.25) is 0 Å². The summed E-state index contributed by atoms with van der Waals surface area (Å²) in [4.78, 5) is 29.6. The molecule has 1 atom stereocenters. The number of halogens is 2. The number of aromatic nitrogens is 2. The van der Waals surface area contributed by atoms with Crippen LogP contribution in [0.15, 0.2) is 30.7 Å². The van der Waals surface area contributed by atoms with Gasteiger partial charge in [0.15, 0.2) is 0 Å². The average Bonchev–Trinajstić information content (AvgIpc) is 2.93. The highest BCUT2D eigenvalue weighted by Crippen LogP contribution is 2.15. The van der Waals surface area contributed by atoms with Gasteiger partial charge < -0.3 is 15.4 Å². The maximum atomic E-state index is 13.6. The molecule has 0 saturated carbocycles. The summed E-state index contributed by atoms with van der Waals surface area (Å²) in [7, 11) is 0. The van der Waals surface area contributed by atoms with Crippen molar-refractivity contribution in [3.8, 4) is 0 Å². The molecular formula is C13H11ClFN3O3. The molecule has 3 N–H and O–H groups in total. The number of hydrogen-bond donors (Lipinski definition) is 3. The Morgan fingerprint density at radius 1 is 1.48 bits per heavy atom. The van der Waals surface area contributed by atoms with Crippen LogP contribution < -0.4 is 5.32 Å². The lowest BCUT2D eigenvalue weighted by Crippen LogP contribution is -2.42. The number of amides is 1. The Kier molecular flexibility index (Phi) is 4.54. The van der Waals surface area contributed by atoms with E-state index in [9.17, 15) is 14.0 Å². The van der Waals surface area contributed by atoms with Gasteiger partial charge in [0.1, 0.15) is 11.9 Å². The van der Waals surface area contributed by atoms with Crippen LogP contribution in [0.5, 0.6) is 0 Å². The summed E-state index contributed by atoms with van der Waals surface area (Å²) in [6.07, 6.45) is 2.85. The van der Waals surface area contributed by atoms with E-state index in [0.717, 1.165) is 12.1 Å². The summed E-state index contributed by atoms with van der Waals surface area (Å²) in [5.41, 5.74) is 0.229. The maximum absolute atomic E-state index is 13.6. The van der Waals surface area contributed by atoms with Crippen molar-refractivity contribution in [1.29, 1.82) is 0 Å². The Balaban J connectivity index is 2.14. The molecule has 1 aromatic heterocycles. The first kappa shape index (κ1) is 15.0. The lowest BCUT2D eigenvalue weighted by atomic mass is 10.1. The van der Waals surface area contributed by atoms with Gasteiger partial charge in [-0.15, -0.1) is 0 Å². The number of imidazole rings is 1. The van der Waals surface area contributed by atoms with Crippen molar-refractivity contribution < 1.29 is 19.1 Å². The highest BCUT2D eigenvalue weighted by Gasteiger charge is 2.23. The zero-order valence-electron chi connectivity index (χ0n) is 10.6. The van der Waals surface area contributed by atoms with Gasteiger partial charge in [0.05, 0.1) is 11.9 Å². The van der Waals surface area contributed by atoms with Crippen LogP contribution in [0.25, 0.3) is 0 Å². The first-order chi connectivity index (χ1) is 9.97. The largest absolute Gasteiger partial charge is 0.480 e. The SMILES string of the molecule is O=C(N[C@H](Cc1cnc[nH]1)C(=O)O)c1cc(Cl)ccc1F. The van der Waals surface area contributed by atoms with Gasteiger partial charge >= 0.3 is 5.97 Å². The quantitative estimate of drug-likeness (QED) is 0.782. The van der Waals surface area contributed by atoms with E-state index in [-0.39, 0.29) is 17.0 Å². The molecule has 0 aliphatic heterocycles. The molecule has 0 fully saturated rings. The molecular weight excluding hydrogens is 301 g/mol. The number of carbonyl (C=O) groups excluding carboxylic acids is 1. The third-order valence-electron chi connectivity index (χ3n) is 2.76. The monoisotopic (exact) mass is 311 g/mol. The van der Waals surface area contributed by atoms with Crippen LogP contribution in [-0.4, -0.2) is 33.0 Å². The third-order valence-corrected chi connectivity index (χ3v) is 2.99. The number of carbonyl (C=O) groups is 2. The molecule has 2 rings (SSSR count). The molecule has 8 heteroatoms. The summed E-state index contributed by atoms with van der Waals surface area (Å²) >= 11 is 5.70. The number of benzene rings is 1. The molecule has 0 aliphatic carbocycles. The minimum Gasteiger partial charge on any atom is -0.480 e. The number of carboxylic acids is 1. The van der Waals surface area contributed by atoms with Crippen LogP contribution >= 0.6 is 11.6 Å². The molecule has 1 aromatic carbocycles. The van der Waals surface area contributed by atoms with E-state index >= 15 is 0 Å². The number of aromatic amines is 1. The predicted molar refractivity (Wildman–Crippen MR) is 72.6 cm³/mol. The van der Waals surface area contributed by atoms with Crippen molar-refractivity contribution in [3.05, 3.63) is 52.8 Å². The number of hydrogen-bond acceptors (Lipinski definition) is 3. The second-order valence-electron chi connectivity index (χ2n) is 4.27. The van der Waals surface area contributed by atoms with Crippen LogP contribution in [0.4, 0.5) is 4.39 Å². The van der Waals surface area contributed by atoms with Crippen molar-refractivity contribution in [3.63, 3.8) is 0 Å². The molecule has 0 unspecified atom stereocenters. The highest BCUT2D eigenvalue weighted by molar-refractivity contribution is 6.31. The number of nitrogens with zero attached hydrogens (tertiary/aromatic N) is 1. The number of carboxylic acid groups (broad SMARTS) is 1. The first-order valence-electron chi connectivity index (χ1n) is 5.93. The molecule has 0 radical (unpaired) electrons. The highest BCUT2D eigenvalue weighted by atomic mass is 35.5. The van der Waals surface area contributed by atoms with Gasteiger partial charge in [0, 0.05) is 23.3 Å². The van der Waals surface area contributed by atoms with Crippen molar-refractivity contribution in [2.45, 2.75) is 12.5 Å². The molecule has 6 nitrogen and oxygen atoms in total. The van der Waals surface area contributed by atoms with Crippen molar-refractivity contribution in [1.82, 2.24) is 15.3 Å². The zero-order valence-corrected chi connectivity index (χ0v) is 11.4. The number of nitrogens with one attached hydrogen (secondary N) is 2. The fraction of sp³-hybridized carbons (Fsp3) is 0.154. The minimum absolute atomic E-state index is 0.00323. The second kappa shape index (κ2) is 6.36. The topological polar surface area (TPSA) is 95.1 Å². The number of rotatable bonds is 5. The van der Waals surface area contributed by atoms with Crippen molar-refractivity contribution in [2.24, 2.45) is 0 Å². The van der Waals surface area contributed by atoms with Crippen molar-refractivity contribution in [2.75, 3.05) is 0 Å². The van der Waals surface area contributed by atoms with E-state index in [1.807, 2.05) is 0 Å². The molecule has 0 saturated heterocycles. The van der Waals surface area contributed by atoms with Crippen LogP contribution in [-0.2, 0) is 11.2 Å². The summed E-state index contributed by atoms with van der Waals surface area (Å²) < 4.78 is 13.6. The summed E-state index contributed by atoms with van der Waals surface area (Å²) in [5.74, 6) is -2.86. The Hall–Kier alpha value is -2.41. The Morgan fingerprint density at radius 3 is 2.86 bits per heavy atom. The van der Waals surface area contributed by atoms with Crippen LogP contribution in [0.3, 0.4) is 0 Å². The van der Waals surface area contributed by atoms with Crippen molar-refractivity contribution >= 4 is 23.5 Å². The summed E-state index contributed by atoms with van der Waals surface area (Å²) in [6, 6.07) is 2.27. The van der Waals surface area contributed by atoms with Gasteiger partial charge in [0.25, 0.3) is 5.91 Å². The molecule has 1 amide bonds. The fourth-order valence-corrected chi connectivity index (χ4v) is 1.90. The number of H-pyrrole nitrogens is 1. The Labute approximate surface area is 124 Å². The Bertz CT molecular complexity index is 661. The second-order valence-corrected chi connectivity index (χ2v) is 4.71. The van der Waals surface area contributed by atoms with Crippen LogP contribution in [0, 0.1) is 5.82 Å². The predicted octanol–water partition coefficient (Wildman–Crippen LogP) is 1.63. The maximum Gasteiger partial charge on any atom is 0.326 e. The summed E-state index contributed by atoms with van der Waals surface area (Å²) in [6.45, 7) is 0. The molecule has 0 bridgehead atoms. The van der Waals surface area contributed by atoms with Crippen LogP contribution in [0.2, 0.25) is 5.02 Å². The first-order valence-corrected chi connectivity index (χ1v) is 6.31. The molecule has 0 aliphatic rings. The van der Waals surface area contributed by atoms with Gasteiger partial charge in [-0.25, -0.2) is 14.2 Å². The normalized spacial score (nSPS) is 11.9. The average molecular weight is 312 g/mol. The minimum atomic E-state index is -1.24. The third kappa shape index (κ3) is 3.79. The van der Waals surface area contributed by atoms with Gasteiger partial charge in [-0.2, -0.15) is 0 Å². The summed E-state index contributed by atoms with van der Waals surface area (Å²) in [5, 5.41) is 11.6. The van der Waals surface area contributed by atoms with Gasteiger partial charge in [-0.05, 0) is 18.2 Å². The van der Waals surface area contributed by atoms with E-state index in [0.29, 0.717) is 5.69 Å². The zero-order chi connectivity index (χ0) is 15.4. The van der Waals surface area contributed by atoms with E-state index in [1.54, 1.807) is 0 Å². The molecule has 1 heterocycles. The van der Waals surface area contributed by atoms with E-state index in [2.05, 4.69) is 15.3 Å². The van der Waals surface area contributed by atoms with Gasteiger partial charge in [-0.1, -0.05) is 11.6 Å². The Morgan fingerprint density at radius 2 is 2.24 bits per heavy atom. The van der Waals surface area contributed by atoms with Crippen LogP contribution in [0.1, 0.15) is 16.1 Å². The van der Waals surface area contributed by atoms with E-state index < -0.39 is 23.7 Å². The molecule has 2 aromatic rings. The smallest absolute Gasteiger partial charge is 0.326 e. The van der Waals surface area contributed by atoms with Gasteiger partial charge in [-0.3, -0.25) is 4.79 Å². The molecule has 110 valence electrons. The van der Waals surface area contributed by atoms with E-state index in [4.69, 9.17) is 16.7 Å². The lowest BCUT2D eigenvalue weighted by molar-refractivity contribution is -0.139. The lowest BCUT2D eigenvalue weighted by Gasteiger charge is -2.14. The molecule has 21 heavy (non-hydrogen) atoms. The standard InChI is InChI=1S/C13H11ClFN3O3/c14-7-1-2-10(15)9(3-7)12(19)18-11(13(20)21)4-8-5-16-6-17-8/h1-3,5-6,11H,4H2,(H,16,17)(H,18,19)(H,20,21)/t11-/m1/s1. The number of aliphatic carboxylic acids is 1. The fourth-order valence-electron chi connectivity index (χ4n) is 1.72.